The molecule has 0 aliphatic carbocycles. The Morgan fingerprint density at radius 1 is 1.56 bits per heavy atom. The van der Waals surface area contributed by atoms with Crippen LogP contribution in [0.3, 0.4) is 0 Å². The van der Waals surface area contributed by atoms with Crippen LogP contribution in [0.15, 0.2) is 12.3 Å². The Bertz CT molecular complexity index is 108. The molecule has 0 aromatic rings. The first kappa shape index (κ1) is 12.5. The summed E-state index contributed by atoms with van der Waals surface area (Å²) in [6.45, 7) is 3.56. The van der Waals surface area contributed by atoms with Crippen molar-refractivity contribution in [3.05, 3.63) is 12.3 Å². The zero-order valence-corrected chi connectivity index (χ0v) is 9.21. The summed E-state index contributed by atoms with van der Waals surface area (Å²) in [5.41, 5.74) is 0. The second kappa shape index (κ2) is 6.96. The van der Waals surface area contributed by atoms with Crippen LogP contribution >= 0.6 is 0 Å². The van der Waals surface area contributed by atoms with E-state index in [0.29, 0.717) is 0 Å². The zero-order chi connectivity index (χ0) is 6.57. The zero-order valence-electron chi connectivity index (χ0n) is 6.09. The molecule has 0 rings (SSSR count). The Labute approximate surface area is 97.8 Å². The van der Waals surface area contributed by atoms with Gasteiger partial charge in [-0.25, -0.2) is 0 Å². The van der Waals surface area contributed by atoms with Crippen LogP contribution in [0.2, 0.25) is 0 Å². The fourth-order valence-electron chi connectivity index (χ4n) is 0.266. The third-order valence-electron chi connectivity index (χ3n) is 0.808. The summed E-state index contributed by atoms with van der Waals surface area (Å²) >= 11 is 0. The Morgan fingerprint density at radius 2 is 2.00 bits per heavy atom. The summed E-state index contributed by atoms with van der Waals surface area (Å²) in [4.78, 5) is 10.5. The molecule has 0 spiro atoms. The standard InChI is InChI=1S/C6H10O2.K/c1-5(2)6(8)3-4-7;/h3-5,7H,1-2H3;/q;+1/b4-3+;. The van der Waals surface area contributed by atoms with Gasteiger partial charge in [0.25, 0.3) is 0 Å². The molecule has 0 atom stereocenters. The summed E-state index contributed by atoms with van der Waals surface area (Å²) in [7, 11) is 0. The smallest absolute Gasteiger partial charge is 0.515 e. The molecule has 0 amide bonds. The van der Waals surface area contributed by atoms with Crippen LogP contribution in [-0.2, 0) is 4.79 Å². The molecular weight excluding hydrogens is 143 g/mol. The van der Waals surface area contributed by atoms with E-state index in [0.717, 1.165) is 12.3 Å². The van der Waals surface area contributed by atoms with Crippen molar-refractivity contribution in [3.8, 4) is 0 Å². The van der Waals surface area contributed by atoms with Gasteiger partial charge < -0.3 is 5.11 Å². The summed E-state index contributed by atoms with van der Waals surface area (Å²) in [6, 6.07) is 0. The first-order valence-corrected chi connectivity index (χ1v) is 2.53. The van der Waals surface area contributed by atoms with E-state index in [9.17, 15) is 4.79 Å². The maximum atomic E-state index is 10.5. The Hall–Kier alpha value is 0.846. The van der Waals surface area contributed by atoms with Crippen molar-refractivity contribution >= 4 is 5.78 Å². The van der Waals surface area contributed by atoms with Gasteiger partial charge >= 0.3 is 51.4 Å². The monoisotopic (exact) mass is 153 g/mol. The van der Waals surface area contributed by atoms with E-state index < -0.39 is 0 Å². The quantitative estimate of drug-likeness (QED) is 0.291. The van der Waals surface area contributed by atoms with Gasteiger partial charge in [0.15, 0.2) is 5.78 Å². The molecule has 46 valence electrons. The van der Waals surface area contributed by atoms with Gasteiger partial charge in [0.05, 0.1) is 6.26 Å². The minimum absolute atomic E-state index is 0. The topological polar surface area (TPSA) is 37.3 Å². The van der Waals surface area contributed by atoms with E-state index >= 15 is 0 Å². The molecule has 1 N–H and O–H groups in total. The number of rotatable bonds is 2. The Kier molecular flexibility index (Phi) is 9.68. The molecule has 0 radical (unpaired) electrons. The molecule has 0 fully saturated rings. The summed E-state index contributed by atoms with van der Waals surface area (Å²) in [6.07, 6.45) is 1.92. The number of allylic oxidation sites excluding steroid dienone is 1. The van der Waals surface area contributed by atoms with Crippen LogP contribution in [0.4, 0.5) is 0 Å². The van der Waals surface area contributed by atoms with Gasteiger partial charge in [0.2, 0.25) is 0 Å². The predicted molar refractivity (Wildman–Crippen MR) is 31.6 cm³/mol. The normalized spacial score (nSPS) is 9.67. The van der Waals surface area contributed by atoms with E-state index in [1.807, 2.05) is 0 Å². The van der Waals surface area contributed by atoms with Crippen molar-refractivity contribution in [2.24, 2.45) is 5.92 Å². The Morgan fingerprint density at radius 3 is 2.11 bits per heavy atom. The summed E-state index contributed by atoms with van der Waals surface area (Å²) < 4.78 is 0. The van der Waals surface area contributed by atoms with Crippen molar-refractivity contribution in [1.82, 2.24) is 0 Å². The number of carbonyl (C=O) groups excluding carboxylic acids is 1. The molecule has 0 aromatic heterocycles. The third kappa shape index (κ3) is 6.74. The first-order chi connectivity index (χ1) is 3.68. The molecule has 0 aliphatic rings. The largest absolute Gasteiger partial charge is 1.00 e. The minimum atomic E-state index is -0.0486. The van der Waals surface area contributed by atoms with E-state index in [4.69, 9.17) is 5.11 Å². The van der Waals surface area contributed by atoms with E-state index in [1.165, 1.54) is 0 Å². The average Bonchev–Trinajstić information content (AvgIpc) is 1.67. The first-order valence-electron chi connectivity index (χ1n) is 2.53. The molecule has 0 aliphatic heterocycles. The molecular formula is C6H10KO2+. The van der Waals surface area contributed by atoms with Gasteiger partial charge in [-0.1, -0.05) is 13.8 Å². The molecule has 0 unspecified atom stereocenters. The van der Waals surface area contributed by atoms with Crippen LogP contribution in [0.5, 0.6) is 0 Å². The van der Waals surface area contributed by atoms with Crippen molar-refractivity contribution in [2.45, 2.75) is 13.8 Å². The molecule has 9 heavy (non-hydrogen) atoms. The Balaban J connectivity index is 0. The minimum Gasteiger partial charge on any atom is -0.515 e. The maximum absolute atomic E-state index is 10.5. The number of hydrogen-bond acceptors (Lipinski definition) is 2. The van der Waals surface area contributed by atoms with Crippen molar-refractivity contribution < 1.29 is 61.3 Å². The summed E-state index contributed by atoms with van der Waals surface area (Å²) in [5.74, 6) is -0.0640. The van der Waals surface area contributed by atoms with Crippen LogP contribution in [0, 0.1) is 5.92 Å². The molecule has 0 bridgehead atoms. The SMILES string of the molecule is CC(C)C(=O)/C=C/O.[K+]. The van der Waals surface area contributed by atoms with Gasteiger partial charge in [0, 0.05) is 12.0 Å². The molecule has 3 heteroatoms. The van der Waals surface area contributed by atoms with Gasteiger partial charge in [0.1, 0.15) is 0 Å². The second-order valence-electron chi connectivity index (χ2n) is 1.87. The predicted octanol–water partition coefficient (Wildman–Crippen LogP) is -1.71. The third-order valence-corrected chi connectivity index (χ3v) is 0.808. The van der Waals surface area contributed by atoms with Gasteiger partial charge in [-0.2, -0.15) is 0 Å². The summed E-state index contributed by atoms with van der Waals surface area (Å²) in [5, 5.41) is 8.08. The van der Waals surface area contributed by atoms with E-state index in [2.05, 4.69) is 0 Å². The fourth-order valence-corrected chi connectivity index (χ4v) is 0.266. The molecule has 0 saturated carbocycles. The van der Waals surface area contributed by atoms with Gasteiger partial charge in [-0.3, -0.25) is 4.79 Å². The molecule has 0 saturated heterocycles. The van der Waals surface area contributed by atoms with Gasteiger partial charge in [-0.05, 0) is 0 Å². The molecule has 0 aromatic carbocycles. The van der Waals surface area contributed by atoms with Crippen LogP contribution < -0.4 is 51.4 Å². The van der Waals surface area contributed by atoms with Crippen molar-refractivity contribution in [1.29, 1.82) is 0 Å². The average molecular weight is 153 g/mol. The number of ketones is 1. The molecule has 2 nitrogen and oxygen atoms in total. The van der Waals surface area contributed by atoms with Gasteiger partial charge in [-0.15, -0.1) is 0 Å². The van der Waals surface area contributed by atoms with Crippen LogP contribution in [-0.4, -0.2) is 10.9 Å². The number of aliphatic hydroxyl groups excluding tert-OH is 1. The number of hydrogen-bond donors (Lipinski definition) is 1. The van der Waals surface area contributed by atoms with Crippen molar-refractivity contribution in [3.63, 3.8) is 0 Å². The number of carbonyl (C=O) groups is 1. The van der Waals surface area contributed by atoms with E-state index in [1.54, 1.807) is 13.8 Å². The van der Waals surface area contributed by atoms with Crippen molar-refractivity contribution in [2.75, 3.05) is 0 Å². The number of aliphatic hydroxyl groups is 1. The second-order valence-corrected chi connectivity index (χ2v) is 1.87. The van der Waals surface area contributed by atoms with Crippen LogP contribution in [0.1, 0.15) is 13.8 Å². The van der Waals surface area contributed by atoms with E-state index in [-0.39, 0.29) is 63.1 Å². The maximum Gasteiger partial charge on any atom is 1.00 e. The van der Waals surface area contributed by atoms with Crippen LogP contribution in [0.25, 0.3) is 0 Å². The fraction of sp³-hybridized carbons (Fsp3) is 0.500. The molecule has 0 heterocycles.